The van der Waals surface area contributed by atoms with Crippen molar-refractivity contribution in [1.29, 1.82) is 0 Å². The van der Waals surface area contributed by atoms with Gasteiger partial charge in [0.05, 0.1) is 19.8 Å². The number of hydrogen-bond donors (Lipinski definition) is 1. The molecule has 0 radical (unpaired) electrons. The summed E-state index contributed by atoms with van der Waals surface area (Å²) in [4.78, 5) is 7.24. The molecule has 0 saturated carbocycles. The van der Waals surface area contributed by atoms with E-state index in [4.69, 9.17) is 14.5 Å². The smallest absolute Gasteiger partial charge is 0.193 e. The van der Waals surface area contributed by atoms with Crippen LogP contribution in [0.4, 0.5) is 0 Å². The molecule has 1 fully saturated rings. The van der Waals surface area contributed by atoms with Crippen molar-refractivity contribution in [3.05, 3.63) is 11.6 Å². The van der Waals surface area contributed by atoms with Gasteiger partial charge in [0.25, 0.3) is 0 Å². The van der Waals surface area contributed by atoms with Gasteiger partial charge in [-0.3, -0.25) is 4.99 Å². The highest BCUT2D eigenvalue weighted by molar-refractivity contribution is 14.0. The maximum absolute atomic E-state index is 5.71. The molecule has 1 unspecified atom stereocenters. The summed E-state index contributed by atoms with van der Waals surface area (Å²) in [6.07, 6.45) is 6.80. The highest BCUT2D eigenvalue weighted by atomic mass is 127. The number of methoxy groups -OCH3 is 1. The van der Waals surface area contributed by atoms with Crippen molar-refractivity contribution in [2.45, 2.75) is 52.0 Å². The predicted octanol–water partition coefficient (Wildman–Crippen LogP) is 2.12. The number of aryl methyl sites for hydroxylation is 1. The number of nitrogens with one attached hydrogen (secondary N) is 1. The lowest BCUT2D eigenvalue weighted by atomic mass is 10.1. The molecule has 1 aromatic heterocycles. The fourth-order valence-corrected chi connectivity index (χ4v) is 3.97. The van der Waals surface area contributed by atoms with Crippen LogP contribution < -0.4 is 5.32 Å². The summed E-state index contributed by atoms with van der Waals surface area (Å²) in [7, 11) is 1.71. The molecule has 1 aromatic rings. The molecule has 29 heavy (non-hydrogen) atoms. The minimum absolute atomic E-state index is 0. The van der Waals surface area contributed by atoms with Crippen molar-refractivity contribution in [2.75, 3.05) is 53.1 Å². The molecule has 0 amide bonds. The quantitative estimate of drug-likeness (QED) is 0.233. The summed E-state index contributed by atoms with van der Waals surface area (Å²) in [6.45, 7) is 8.95. The molecule has 8 nitrogen and oxygen atoms in total. The van der Waals surface area contributed by atoms with Gasteiger partial charge in [-0.15, -0.1) is 34.2 Å². The Morgan fingerprint density at radius 1 is 1.21 bits per heavy atom. The Balaban J connectivity index is 0.00000300. The van der Waals surface area contributed by atoms with E-state index in [1.807, 2.05) is 0 Å². The third-order valence-electron chi connectivity index (χ3n) is 5.49. The summed E-state index contributed by atoms with van der Waals surface area (Å²) < 4.78 is 13.1. The molecule has 9 heteroatoms. The van der Waals surface area contributed by atoms with Gasteiger partial charge in [-0.25, -0.2) is 0 Å². The van der Waals surface area contributed by atoms with E-state index in [0.717, 1.165) is 76.2 Å². The van der Waals surface area contributed by atoms with Crippen LogP contribution in [-0.4, -0.2) is 78.7 Å². The minimum Gasteiger partial charge on any atom is -0.382 e. The Bertz CT molecular complexity index is 624. The maximum Gasteiger partial charge on any atom is 0.193 e. The van der Waals surface area contributed by atoms with Crippen LogP contribution in [0.15, 0.2) is 4.99 Å². The molecule has 0 aromatic carbocycles. The van der Waals surface area contributed by atoms with Gasteiger partial charge in [-0.05, 0) is 26.2 Å². The van der Waals surface area contributed by atoms with Crippen LogP contribution in [0, 0.1) is 5.92 Å². The lowest BCUT2D eigenvalue weighted by Gasteiger charge is -2.21. The number of rotatable bonds is 9. The Morgan fingerprint density at radius 2 is 2.10 bits per heavy atom. The first-order valence-corrected chi connectivity index (χ1v) is 10.8. The van der Waals surface area contributed by atoms with Gasteiger partial charge >= 0.3 is 0 Å². The van der Waals surface area contributed by atoms with Gasteiger partial charge in [-0.1, -0.05) is 6.42 Å². The number of hydrogen-bond acceptors (Lipinski definition) is 5. The SMILES string of the molecule is CCNC(=NCCc1nnc2n1CCCCC2)N1CCC(COCCOC)C1.I. The molecule has 0 aliphatic carbocycles. The van der Waals surface area contributed by atoms with Gasteiger partial charge in [0, 0.05) is 58.6 Å². The van der Waals surface area contributed by atoms with Crippen molar-refractivity contribution in [2.24, 2.45) is 10.9 Å². The summed E-state index contributed by atoms with van der Waals surface area (Å²) in [5, 5.41) is 12.3. The normalized spacial score (nSPS) is 19.6. The second kappa shape index (κ2) is 13.4. The van der Waals surface area contributed by atoms with Gasteiger partial charge in [0.2, 0.25) is 0 Å². The summed E-state index contributed by atoms with van der Waals surface area (Å²) in [6, 6.07) is 0. The largest absolute Gasteiger partial charge is 0.382 e. The molecule has 2 aliphatic heterocycles. The second-order valence-electron chi connectivity index (χ2n) is 7.65. The summed E-state index contributed by atoms with van der Waals surface area (Å²) in [5.41, 5.74) is 0. The van der Waals surface area contributed by atoms with Crippen molar-refractivity contribution in [3.63, 3.8) is 0 Å². The van der Waals surface area contributed by atoms with Gasteiger partial charge in [0.1, 0.15) is 11.6 Å². The Kier molecular flexibility index (Phi) is 11.2. The number of ether oxygens (including phenoxy) is 2. The van der Waals surface area contributed by atoms with Crippen molar-refractivity contribution >= 4 is 29.9 Å². The van der Waals surface area contributed by atoms with E-state index in [9.17, 15) is 0 Å². The molecular formula is C20H37IN6O2. The number of aliphatic imine (C=N–C) groups is 1. The fraction of sp³-hybridized carbons (Fsp3) is 0.850. The minimum atomic E-state index is 0. The third kappa shape index (κ3) is 7.36. The summed E-state index contributed by atoms with van der Waals surface area (Å²) in [5.74, 6) is 3.81. The first-order chi connectivity index (χ1) is 13.8. The zero-order chi connectivity index (χ0) is 19.6. The molecule has 3 rings (SSSR count). The average Bonchev–Trinajstić information content (AvgIpc) is 3.25. The molecule has 2 aliphatic rings. The van der Waals surface area contributed by atoms with Crippen LogP contribution in [-0.2, 0) is 28.9 Å². The van der Waals surface area contributed by atoms with E-state index in [1.165, 1.54) is 19.3 Å². The second-order valence-corrected chi connectivity index (χ2v) is 7.65. The van der Waals surface area contributed by atoms with E-state index in [1.54, 1.807) is 7.11 Å². The van der Waals surface area contributed by atoms with E-state index in [-0.39, 0.29) is 24.0 Å². The van der Waals surface area contributed by atoms with E-state index in [2.05, 4.69) is 31.9 Å². The number of halogens is 1. The highest BCUT2D eigenvalue weighted by Gasteiger charge is 2.25. The van der Waals surface area contributed by atoms with Crippen LogP contribution in [0.1, 0.15) is 44.3 Å². The van der Waals surface area contributed by atoms with Crippen LogP contribution >= 0.6 is 24.0 Å². The number of likely N-dealkylation sites (tertiary alicyclic amines) is 1. The molecule has 3 heterocycles. The molecule has 1 N–H and O–H groups in total. The monoisotopic (exact) mass is 520 g/mol. The average molecular weight is 520 g/mol. The van der Waals surface area contributed by atoms with Crippen molar-refractivity contribution < 1.29 is 9.47 Å². The van der Waals surface area contributed by atoms with Crippen LogP contribution in [0.2, 0.25) is 0 Å². The number of guanidine groups is 1. The molecule has 0 bridgehead atoms. The Labute approximate surface area is 191 Å². The van der Waals surface area contributed by atoms with Crippen LogP contribution in [0.5, 0.6) is 0 Å². The lowest BCUT2D eigenvalue weighted by Crippen LogP contribution is -2.40. The summed E-state index contributed by atoms with van der Waals surface area (Å²) >= 11 is 0. The molecule has 1 saturated heterocycles. The van der Waals surface area contributed by atoms with E-state index < -0.39 is 0 Å². The maximum atomic E-state index is 5.71. The van der Waals surface area contributed by atoms with Crippen molar-refractivity contribution in [1.82, 2.24) is 25.0 Å². The van der Waals surface area contributed by atoms with Gasteiger partial charge in [0.15, 0.2) is 5.96 Å². The topological polar surface area (TPSA) is 76.8 Å². The van der Waals surface area contributed by atoms with E-state index >= 15 is 0 Å². The molecule has 1 atom stereocenters. The van der Waals surface area contributed by atoms with Gasteiger partial charge in [-0.2, -0.15) is 0 Å². The van der Waals surface area contributed by atoms with Gasteiger partial charge < -0.3 is 24.3 Å². The zero-order valence-electron chi connectivity index (χ0n) is 17.9. The fourth-order valence-electron chi connectivity index (χ4n) is 3.97. The van der Waals surface area contributed by atoms with Crippen molar-refractivity contribution in [3.8, 4) is 0 Å². The predicted molar refractivity (Wildman–Crippen MR) is 125 cm³/mol. The Morgan fingerprint density at radius 3 is 2.93 bits per heavy atom. The highest BCUT2D eigenvalue weighted by Crippen LogP contribution is 2.17. The standard InChI is InChI=1S/C20H36N6O2.HI/c1-3-21-20(25-12-9-17(15-25)16-28-14-13-27-2)22-10-8-19-24-23-18-7-5-4-6-11-26(18)19;/h17H,3-16H2,1-2H3,(H,21,22);1H. The zero-order valence-corrected chi connectivity index (χ0v) is 20.3. The lowest BCUT2D eigenvalue weighted by molar-refractivity contribution is 0.0536. The van der Waals surface area contributed by atoms with E-state index in [0.29, 0.717) is 19.1 Å². The first-order valence-electron chi connectivity index (χ1n) is 10.8. The number of fused-ring (bicyclic) bond motifs is 1. The third-order valence-corrected chi connectivity index (χ3v) is 5.49. The molecular weight excluding hydrogens is 483 g/mol. The number of nitrogens with zero attached hydrogens (tertiary/aromatic N) is 5. The van der Waals surface area contributed by atoms with Crippen LogP contribution in [0.25, 0.3) is 0 Å². The Hall–Kier alpha value is -0.940. The molecule has 166 valence electrons. The molecule has 0 spiro atoms. The first kappa shape index (κ1) is 24.3. The number of aromatic nitrogens is 3. The van der Waals surface area contributed by atoms with Crippen LogP contribution in [0.3, 0.4) is 0 Å².